The van der Waals surface area contributed by atoms with Gasteiger partial charge in [-0.15, -0.1) is 0 Å². The number of halogens is 1. The van der Waals surface area contributed by atoms with Crippen LogP contribution in [0, 0.1) is 0 Å². The maximum absolute atomic E-state index is 5.01. The van der Waals surface area contributed by atoms with Gasteiger partial charge in [0, 0.05) is 28.6 Å². The van der Waals surface area contributed by atoms with Crippen LogP contribution in [0.25, 0.3) is 10.9 Å². The molecule has 1 heterocycles. The summed E-state index contributed by atoms with van der Waals surface area (Å²) in [5.41, 5.74) is 2.46. The summed E-state index contributed by atoms with van der Waals surface area (Å²) in [6.45, 7) is 0.552. The van der Waals surface area contributed by atoms with Crippen LogP contribution in [0.4, 0.5) is 0 Å². The largest absolute Gasteiger partial charge is 0.349 e. The second-order valence-corrected chi connectivity index (χ2v) is 4.41. The quantitative estimate of drug-likeness (QED) is 0.869. The van der Waals surface area contributed by atoms with E-state index in [0.717, 1.165) is 10.9 Å². The van der Waals surface area contributed by atoms with E-state index in [1.165, 1.54) is 16.5 Å². The van der Waals surface area contributed by atoms with Crippen molar-refractivity contribution in [3.63, 3.8) is 0 Å². The number of nitrogens with zero attached hydrogens (tertiary/aromatic N) is 1. The minimum Gasteiger partial charge on any atom is -0.349 e. The molecule has 0 saturated carbocycles. The van der Waals surface area contributed by atoms with Crippen LogP contribution in [0.5, 0.6) is 0 Å². The van der Waals surface area contributed by atoms with Crippen LogP contribution < -0.4 is 5.90 Å². The summed E-state index contributed by atoms with van der Waals surface area (Å²) in [6.07, 6.45) is 2.90. The zero-order chi connectivity index (χ0) is 10.8. The molecule has 0 aliphatic heterocycles. The van der Waals surface area contributed by atoms with Crippen LogP contribution in [0.1, 0.15) is 5.56 Å². The molecule has 0 saturated heterocycles. The fourth-order valence-electron chi connectivity index (χ4n) is 1.72. The number of rotatable bonds is 3. The van der Waals surface area contributed by atoms with E-state index < -0.39 is 0 Å². The number of aryl methyl sites for hydroxylation is 1. The Labute approximate surface area is 96.9 Å². The molecule has 0 radical (unpaired) electrons. The lowest BCUT2D eigenvalue weighted by molar-refractivity contribution is 0.141. The van der Waals surface area contributed by atoms with Gasteiger partial charge >= 0.3 is 0 Å². The molecule has 2 N–H and O–H groups in total. The maximum atomic E-state index is 5.01. The van der Waals surface area contributed by atoms with Gasteiger partial charge in [-0.05, 0) is 40.0 Å². The second kappa shape index (κ2) is 4.35. The van der Waals surface area contributed by atoms with Gasteiger partial charge in [-0.2, -0.15) is 0 Å². The molecule has 0 atom stereocenters. The fraction of sp³-hybridized carbons (Fsp3) is 0.273. The monoisotopic (exact) mass is 268 g/mol. The first-order valence-electron chi connectivity index (χ1n) is 4.77. The van der Waals surface area contributed by atoms with Crippen molar-refractivity contribution in [3.05, 3.63) is 34.4 Å². The predicted octanol–water partition coefficient (Wildman–Crippen LogP) is 2.37. The Balaban J connectivity index is 2.41. The lowest BCUT2D eigenvalue weighted by atomic mass is 10.1. The van der Waals surface area contributed by atoms with E-state index in [1.54, 1.807) is 0 Å². The normalized spacial score (nSPS) is 11.1. The number of hydrogen-bond donors (Lipinski definition) is 1. The van der Waals surface area contributed by atoms with E-state index in [9.17, 15) is 0 Å². The highest BCUT2D eigenvalue weighted by Gasteiger charge is 2.04. The van der Waals surface area contributed by atoms with Crippen LogP contribution in [-0.4, -0.2) is 11.2 Å². The fourth-order valence-corrected chi connectivity index (χ4v) is 2.35. The Bertz CT molecular complexity index is 479. The number of nitrogens with two attached hydrogens (primary N) is 1. The van der Waals surface area contributed by atoms with Gasteiger partial charge in [0.1, 0.15) is 0 Å². The van der Waals surface area contributed by atoms with Crippen molar-refractivity contribution in [2.75, 3.05) is 6.61 Å². The molecule has 80 valence electrons. The molecule has 1 aromatic carbocycles. The van der Waals surface area contributed by atoms with Crippen molar-refractivity contribution in [2.24, 2.45) is 12.9 Å². The first kappa shape index (κ1) is 10.7. The van der Waals surface area contributed by atoms with Crippen molar-refractivity contribution >= 4 is 26.8 Å². The molecule has 0 aliphatic carbocycles. The molecular weight excluding hydrogens is 256 g/mol. The van der Waals surface area contributed by atoms with Crippen LogP contribution in [0.2, 0.25) is 0 Å². The van der Waals surface area contributed by atoms with E-state index in [-0.39, 0.29) is 0 Å². The Morgan fingerprint density at radius 3 is 3.00 bits per heavy atom. The molecule has 0 bridgehead atoms. The summed E-state index contributed by atoms with van der Waals surface area (Å²) >= 11 is 3.54. The highest BCUT2D eigenvalue weighted by atomic mass is 79.9. The molecule has 0 spiro atoms. The number of hydrogen-bond acceptors (Lipinski definition) is 2. The van der Waals surface area contributed by atoms with Gasteiger partial charge in [-0.3, -0.25) is 0 Å². The molecule has 3 nitrogen and oxygen atoms in total. The molecule has 4 heteroatoms. The van der Waals surface area contributed by atoms with E-state index in [4.69, 9.17) is 5.90 Å². The van der Waals surface area contributed by atoms with Crippen molar-refractivity contribution in [1.82, 2.24) is 4.57 Å². The van der Waals surface area contributed by atoms with Crippen molar-refractivity contribution < 1.29 is 4.84 Å². The van der Waals surface area contributed by atoms with Crippen molar-refractivity contribution in [1.29, 1.82) is 0 Å². The van der Waals surface area contributed by atoms with Gasteiger partial charge in [-0.1, -0.05) is 6.07 Å². The lowest BCUT2D eigenvalue weighted by Crippen LogP contribution is -2.03. The minimum atomic E-state index is 0.552. The molecule has 15 heavy (non-hydrogen) atoms. The Morgan fingerprint density at radius 1 is 1.47 bits per heavy atom. The van der Waals surface area contributed by atoms with E-state index >= 15 is 0 Å². The molecule has 2 rings (SSSR count). The summed E-state index contributed by atoms with van der Waals surface area (Å²) in [5.74, 6) is 5.01. The van der Waals surface area contributed by atoms with E-state index in [0.29, 0.717) is 6.61 Å². The topological polar surface area (TPSA) is 40.2 Å². The number of benzene rings is 1. The first-order chi connectivity index (χ1) is 7.22. The number of aromatic nitrogens is 1. The van der Waals surface area contributed by atoms with Gasteiger partial charge in [0.15, 0.2) is 0 Å². The Kier molecular flexibility index (Phi) is 3.09. The van der Waals surface area contributed by atoms with Crippen LogP contribution in [0.15, 0.2) is 28.9 Å². The molecule has 0 fully saturated rings. The average Bonchev–Trinajstić information content (AvgIpc) is 2.52. The van der Waals surface area contributed by atoms with Gasteiger partial charge < -0.3 is 9.40 Å². The SMILES string of the molecule is Cn1cc(Br)c2cc(CCON)ccc21. The standard InChI is InChI=1S/C11H13BrN2O/c1-14-7-10(12)9-6-8(4-5-15-13)2-3-11(9)14/h2-3,6-7H,4-5,13H2,1H3. The summed E-state index contributed by atoms with van der Waals surface area (Å²) < 4.78 is 3.22. The average molecular weight is 269 g/mol. The molecule has 0 amide bonds. The van der Waals surface area contributed by atoms with Crippen LogP contribution in [0.3, 0.4) is 0 Å². The molecule has 1 aromatic heterocycles. The predicted molar refractivity (Wildman–Crippen MR) is 64.5 cm³/mol. The van der Waals surface area contributed by atoms with Gasteiger partial charge in [-0.25, -0.2) is 5.90 Å². The summed E-state index contributed by atoms with van der Waals surface area (Å²) in [7, 11) is 2.04. The smallest absolute Gasteiger partial charge is 0.0719 e. The molecular formula is C11H13BrN2O. The summed E-state index contributed by atoms with van der Waals surface area (Å²) in [4.78, 5) is 4.58. The molecule has 0 aliphatic rings. The maximum Gasteiger partial charge on any atom is 0.0719 e. The van der Waals surface area contributed by atoms with E-state index in [1.807, 2.05) is 7.05 Å². The third-order valence-corrected chi connectivity index (χ3v) is 3.15. The lowest BCUT2D eigenvalue weighted by Gasteiger charge is -2.01. The summed E-state index contributed by atoms with van der Waals surface area (Å²) in [5, 5.41) is 1.23. The summed E-state index contributed by atoms with van der Waals surface area (Å²) in [6, 6.07) is 6.39. The van der Waals surface area contributed by atoms with Crippen molar-refractivity contribution in [2.45, 2.75) is 6.42 Å². The Hall–Kier alpha value is -0.840. The third-order valence-electron chi connectivity index (χ3n) is 2.51. The van der Waals surface area contributed by atoms with Gasteiger partial charge in [0.2, 0.25) is 0 Å². The third kappa shape index (κ3) is 2.07. The highest BCUT2D eigenvalue weighted by Crippen LogP contribution is 2.26. The zero-order valence-corrected chi connectivity index (χ0v) is 10.1. The van der Waals surface area contributed by atoms with Gasteiger partial charge in [0.25, 0.3) is 0 Å². The highest BCUT2D eigenvalue weighted by molar-refractivity contribution is 9.10. The first-order valence-corrected chi connectivity index (χ1v) is 5.57. The van der Waals surface area contributed by atoms with Crippen LogP contribution >= 0.6 is 15.9 Å². The zero-order valence-electron chi connectivity index (χ0n) is 8.53. The Morgan fingerprint density at radius 2 is 2.27 bits per heavy atom. The number of fused-ring (bicyclic) bond motifs is 1. The minimum absolute atomic E-state index is 0.552. The molecule has 2 aromatic rings. The van der Waals surface area contributed by atoms with Crippen molar-refractivity contribution in [3.8, 4) is 0 Å². The molecule has 0 unspecified atom stereocenters. The van der Waals surface area contributed by atoms with E-state index in [2.05, 4.69) is 49.7 Å². The van der Waals surface area contributed by atoms with Gasteiger partial charge in [0.05, 0.1) is 6.61 Å². The second-order valence-electron chi connectivity index (χ2n) is 3.56. The van der Waals surface area contributed by atoms with Crippen LogP contribution in [-0.2, 0) is 18.3 Å².